The molecule has 3 aromatic rings. The van der Waals surface area contributed by atoms with Crippen molar-refractivity contribution < 1.29 is 14.1 Å². The van der Waals surface area contributed by atoms with Crippen molar-refractivity contribution in [1.29, 1.82) is 0 Å². The topological polar surface area (TPSA) is 72.2 Å². The summed E-state index contributed by atoms with van der Waals surface area (Å²) in [5.74, 6) is -0.243. The Labute approximate surface area is 169 Å². The van der Waals surface area contributed by atoms with Gasteiger partial charge in [-0.05, 0) is 54.7 Å². The van der Waals surface area contributed by atoms with E-state index in [0.717, 1.165) is 34.0 Å². The van der Waals surface area contributed by atoms with E-state index in [9.17, 15) is 9.59 Å². The van der Waals surface area contributed by atoms with Gasteiger partial charge in [0.2, 0.25) is 5.91 Å². The molecule has 5 nitrogen and oxygen atoms in total. The standard InChI is InChI=1S/C19H14Cl2N2O3S/c20-12-4-2-11(14(21)9-12)3-5-15-13-7-10(1-6-16(13)26-23-15)8-17-18(24)22-19(25)27-17/h1-2,4,6-7,9,17H,3,5,8H2,(H,22,24,25). The van der Waals surface area contributed by atoms with Gasteiger partial charge in [0, 0.05) is 15.4 Å². The SMILES string of the molecule is O=C1NC(=O)C(Cc2ccc3onc(CCc4ccc(Cl)cc4Cl)c3c2)S1. The Kier molecular flexibility index (Phi) is 5.12. The van der Waals surface area contributed by atoms with Crippen molar-refractivity contribution in [3.63, 3.8) is 0 Å². The molecule has 1 saturated heterocycles. The van der Waals surface area contributed by atoms with Crippen LogP contribution in [0.5, 0.6) is 0 Å². The molecule has 0 radical (unpaired) electrons. The number of fused-ring (bicyclic) bond motifs is 1. The number of benzene rings is 2. The Balaban J connectivity index is 1.53. The number of nitrogens with zero attached hydrogens (tertiary/aromatic N) is 1. The summed E-state index contributed by atoms with van der Waals surface area (Å²) in [6.45, 7) is 0. The van der Waals surface area contributed by atoms with Gasteiger partial charge in [0.15, 0.2) is 5.58 Å². The van der Waals surface area contributed by atoms with Crippen LogP contribution in [-0.2, 0) is 24.1 Å². The maximum absolute atomic E-state index is 11.8. The second-order valence-electron chi connectivity index (χ2n) is 6.28. The zero-order valence-corrected chi connectivity index (χ0v) is 16.3. The summed E-state index contributed by atoms with van der Waals surface area (Å²) in [5.41, 5.74) is 3.47. The highest BCUT2D eigenvalue weighted by molar-refractivity contribution is 8.15. The molecule has 0 aliphatic carbocycles. The average Bonchev–Trinajstić information content (AvgIpc) is 3.16. The van der Waals surface area contributed by atoms with E-state index in [4.69, 9.17) is 27.7 Å². The molecule has 4 rings (SSSR count). The molecule has 27 heavy (non-hydrogen) atoms. The molecule has 1 unspecified atom stereocenters. The van der Waals surface area contributed by atoms with Crippen molar-refractivity contribution >= 4 is 57.1 Å². The summed E-state index contributed by atoms with van der Waals surface area (Å²) < 4.78 is 5.41. The van der Waals surface area contributed by atoms with Gasteiger partial charge in [-0.25, -0.2) is 0 Å². The number of rotatable bonds is 5. The lowest BCUT2D eigenvalue weighted by Crippen LogP contribution is -2.25. The van der Waals surface area contributed by atoms with Crippen molar-refractivity contribution in [2.45, 2.75) is 24.5 Å². The van der Waals surface area contributed by atoms with Gasteiger partial charge in [0.1, 0.15) is 0 Å². The molecule has 1 atom stereocenters. The first kappa shape index (κ1) is 18.3. The van der Waals surface area contributed by atoms with E-state index in [-0.39, 0.29) is 11.1 Å². The molecule has 1 N–H and O–H groups in total. The van der Waals surface area contributed by atoms with Crippen molar-refractivity contribution in [3.8, 4) is 0 Å². The molecule has 1 aliphatic heterocycles. The van der Waals surface area contributed by atoms with Crippen LogP contribution < -0.4 is 5.32 Å². The zero-order chi connectivity index (χ0) is 19.0. The normalized spacial score (nSPS) is 16.9. The van der Waals surface area contributed by atoms with Crippen molar-refractivity contribution in [2.24, 2.45) is 0 Å². The predicted octanol–water partition coefficient (Wildman–Crippen LogP) is 4.81. The first-order valence-corrected chi connectivity index (χ1v) is 9.96. The molecule has 2 heterocycles. The van der Waals surface area contributed by atoms with Crippen molar-refractivity contribution in [3.05, 3.63) is 63.3 Å². The number of carbonyl (C=O) groups excluding carboxylic acids is 2. The number of carbonyl (C=O) groups is 2. The van der Waals surface area contributed by atoms with Crippen molar-refractivity contribution in [1.82, 2.24) is 10.5 Å². The Morgan fingerprint density at radius 3 is 2.70 bits per heavy atom. The van der Waals surface area contributed by atoms with Crippen LogP contribution in [0.1, 0.15) is 16.8 Å². The van der Waals surface area contributed by atoms with Gasteiger partial charge < -0.3 is 4.52 Å². The fourth-order valence-corrected chi connectivity index (χ4v) is 4.42. The second kappa shape index (κ2) is 7.54. The van der Waals surface area contributed by atoms with Gasteiger partial charge in [0.05, 0.1) is 10.9 Å². The van der Waals surface area contributed by atoms with Crippen LogP contribution >= 0.6 is 35.0 Å². The van der Waals surface area contributed by atoms with Gasteiger partial charge in [0.25, 0.3) is 5.24 Å². The first-order valence-electron chi connectivity index (χ1n) is 8.32. The molecule has 8 heteroatoms. The summed E-state index contributed by atoms with van der Waals surface area (Å²) in [6, 6.07) is 11.2. The molecule has 1 aliphatic rings. The van der Waals surface area contributed by atoms with E-state index < -0.39 is 5.25 Å². The molecule has 1 fully saturated rings. The van der Waals surface area contributed by atoms with E-state index in [0.29, 0.717) is 34.9 Å². The second-order valence-corrected chi connectivity index (χ2v) is 8.30. The summed E-state index contributed by atoms with van der Waals surface area (Å²) in [5, 5.41) is 7.94. The molecular weight excluding hydrogens is 407 g/mol. The highest BCUT2D eigenvalue weighted by atomic mass is 35.5. The smallest absolute Gasteiger partial charge is 0.286 e. The van der Waals surface area contributed by atoms with Crippen LogP contribution in [0.3, 0.4) is 0 Å². The number of hydrogen-bond donors (Lipinski definition) is 1. The third-order valence-electron chi connectivity index (χ3n) is 4.44. The number of aromatic nitrogens is 1. The summed E-state index contributed by atoms with van der Waals surface area (Å²) >= 11 is 13.2. The molecule has 2 amide bonds. The molecular formula is C19H14Cl2N2O3S. The van der Waals surface area contributed by atoms with Gasteiger partial charge in [-0.3, -0.25) is 14.9 Å². The summed E-state index contributed by atoms with van der Waals surface area (Å²) in [7, 11) is 0. The number of imide groups is 1. The number of aryl methyl sites for hydroxylation is 2. The largest absolute Gasteiger partial charge is 0.356 e. The van der Waals surface area contributed by atoms with Crippen LogP contribution in [0.25, 0.3) is 11.0 Å². The lowest BCUT2D eigenvalue weighted by molar-refractivity contribution is -0.118. The minimum atomic E-state index is -0.397. The summed E-state index contributed by atoms with van der Waals surface area (Å²) in [4.78, 5) is 23.1. The van der Waals surface area contributed by atoms with Gasteiger partial charge >= 0.3 is 0 Å². The Bertz CT molecular complexity index is 1050. The minimum Gasteiger partial charge on any atom is -0.356 e. The number of nitrogens with one attached hydrogen (secondary N) is 1. The minimum absolute atomic E-state index is 0.243. The number of thioether (sulfide) groups is 1. The van der Waals surface area contributed by atoms with Gasteiger partial charge in [-0.1, -0.05) is 52.3 Å². The molecule has 138 valence electrons. The number of halogens is 2. The highest BCUT2D eigenvalue weighted by Gasteiger charge is 2.31. The average molecular weight is 421 g/mol. The fourth-order valence-electron chi connectivity index (χ4n) is 3.06. The van der Waals surface area contributed by atoms with Crippen LogP contribution in [0, 0.1) is 0 Å². The number of hydrogen-bond acceptors (Lipinski definition) is 5. The van der Waals surface area contributed by atoms with Crippen molar-refractivity contribution in [2.75, 3.05) is 0 Å². The molecule has 0 saturated carbocycles. The Hall–Kier alpha value is -2.02. The monoisotopic (exact) mass is 420 g/mol. The molecule has 0 bridgehead atoms. The van der Waals surface area contributed by atoms with Crippen LogP contribution in [0.15, 0.2) is 40.9 Å². The highest BCUT2D eigenvalue weighted by Crippen LogP contribution is 2.27. The fraction of sp³-hybridized carbons (Fsp3) is 0.211. The maximum atomic E-state index is 11.8. The quantitative estimate of drug-likeness (QED) is 0.640. The van der Waals surface area contributed by atoms with Gasteiger partial charge in [-0.2, -0.15) is 0 Å². The van der Waals surface area contributed by atoms with Crippen LogP contribution in [0.2, 0.25) is 10.0 Å². The molecule has 0 spiro atoms. The summed E-state index contributed by atoms with van der Waals surface area (Å²) in [6.07, 6.45) is 1.85. The van der Waals surface area contributed by atoms with Crippen LogP contribution in [-0.4, -0.2) is 21.6 Å². The Morgan fingerprint density at radius 2 is 1.96 bits per heavy atom. The van der Waals surface area contributed by atoms with E-state index >= 15 is 0 Å². The Morgan fingerprint density at radius 1 is 1.11 bits per heavy atom. The predicted molar refractivity (Wildman–Crippen MR) is 107 cm³/mol. The van der Waals surface area contributed by atoms with E-state index in [2.05, 4.69) is 10.5 Å². The lowest BCUT2D eigenvalue weighted by Gasteiger charge is -2.06. The zero-order valence-electron chi connectivity index (χ0n) is 14.0. The van der Waals surface area contributed by atoms with Gasteiger partial charge in [-0.15, -0.1) is 0 Å². The van der Waals surface area contributed by atoms with E-state index in [1.165, 1.54) is 0 Å². The lowest BCUT2D eigenvalue weighted by atomic mass is 10.0. The molecule has 1 aromatic heterocycles. The van der Waals surface area contributed by atoms with Crippen LogP contribution in [0.4, 0.5) is 4.79 Å². The third-order valence-corrected chi connectivity index (χ3v) is 6.01. The third kappa shape index (κ3) is 3.98. The molecule has 2 aromatic carbocycles. The van der Waals surface area contributed by atoms with E-state index in [1.54, 1.807) is 6.07 Å². The van der Waals surface area contributed by atoms with E-state index in [1.807, 2.05) is 30.3 Å². The first-order chi connectivity index (χ1) is 13.0. The number of amides is 2. The maximum Gasteiger partial charge on any atom is 0.286 e.